The molecule has 0 aromatic carbocycles. The minimum absolute atomic E-state index is 0.0938. The van der Waals surface area contributed by atoms with Gasteiger partial charge in [0.25, 0.3) is 0 Å². The summed E-state index contributed by atoms with van der Waals surface area (Å²) in [7, 11) is 0. The van der Waals surface area contributed by atoms with Crippen LogP contribution in [0.5, 0.6) is 0 Å². The van der Waals surface area contributed by atoms with E-state index in [2.05, 4.69) is 13.2 Å². The van der Waals surface area contributed by atoms with E-state index < -0.39 is 11.6 Å². The molecule has 0 saturated heterocycles. The van der Waals surface area contributed by atoms with Crippen LogP contribution in [-0.2, 0) is 4.79 Å². The third-order valence-electron chi connectivity index (χ3n) is 2.08. The Morgan fingerprint density at radius 3 is 2.14 bits per heavy atom. The van der Waals surface area contributed by atoms with Crippen molar-refractivity contribution in [1.82, 2.24) is 0 Å². The monoisotopic (exact) mass is 198 g/mol. The fourth-order valence-electron chi connectivity index (χ4n) is 1.39. The molecular formula is C11H18O3. The van der Waals surface area contributed by atoms with E-state index in [0.29, 0.717) is 25.7 Å². The maximum atomic E-state index is 10.3. The van der Waals surface area contributed by atoms with Crippen molar-refractivity contribution in [2.45, 2.75) is 37.7 Å². The molecule has 3 heteroatoms. The van der Waals surface area contributed by atoms with Gasteiger partial charge in [0, 0.05) is 6.42 Å². The Kier molecular flexibility index (Phi) is 5.88. The smallest absolute Gasteiger partial charge is 0.303 e. The van der Waals surface area contributed by atoms with Crippen molar-refractivity contribution in [3.05, 3.63) is 25.3 Å². The summed E-state index contributed by atoms with van der Waals surface area (Å²) in [6, 6.07) is 0. The molecule has 0 bridgehead atoms. The molecule has 0 spiro atoms. The minimum Gasteiger partial charge on any atom is -0.481 e. The van der Waals surface area contributed by atoms with Crippen molar-refractivity contribution >= 4 is 5.97 Å². The number of aliphatic hydroxyl groups is 1. The number of hydrogen-bond acceptors (Lipinski definition) is 2. The van der Waals surface area contributed by atoms with Crippen molar-refractivity contribution in [3.8, 4) is 0 Å². The van der Waals surface area contributed by atoms with Crippen molar-refractivity contribution in [3.63, 3.8) is 0 Å². The molecule has 0 fully saturated rings. The molecule has 0 radical (unpaired) electrons. The predicted octanol–water partition coefficient (Wildman–Crippen LogP) is 2.12. The van der Waals surface area contributed by atoms with Gasteiger partial charge < -0.3 is 10.2 Å². The Morgan fingerprint density at radius 1 is 1.29 bits per heavy atom. The summed E-state index contributed by atoms with van der Waals surface area (Å²) in [5, 5.41) is 18.4. The zero-order chi connectivity index (χ0) is 11.0. The number of carbonyl (C=O) groups is 1. The molecule has 0 aliphatic heterocycles. The van der Waals surface area contributed by atoms with Gasteiger partial charge in [-0.05, 0) is 25.7 Å². The first-order valence-electron chi connectivity index (χ1n) is 4.70. The highest BCUT2D eigenvalue weighted by molar-refractivity contribution is 5.66. The van der Waals surface area contributed by atoms with Gasteiger partial charge in [-0.2, -0.15) is 0 Å². The van der Waals surface area contributed by atoms with E-state index in [1.165, 1.54) is 0 Å². The van der Waals surface area contributed by atoms with Crippen LogP contribution in [0.1, 0.15) is 32.1 Å². The fraction of sp³-hybridized carbons (Fsp3) is 0.545. The quantitative estimate of drug-likeness (QED) is 0.587. The third kappa shape index (κ3) is 5.54. The third-order valence-corrected chi connectivity index (χ3v) is 2.08. The molecule has 0 rings (SSSR count). The molecule has 0 unspecified atom stereocenters. The molecule has 0 aromatic heterocycles. The zero-order valence-corrected chi connectivity index (χ0v) is 8.41. The predicted molar refractivity (Wildman–Crippen MR) is 56.1 cm³/mol. The van der Waals surface area contributed by atoms with Gasteiger partial charge in [0.2, 0.25) is 0 Å². The Labute approximate surface area is 84.8 Å². The lowest BCUT2D eigenvalue weighted by Crippen LogP contribution is -2.27. The van der Waals surface area contributed by atoms with Crippen LogP contribution in [0.3, 0.4) is 0 Å². The molecular weight excluding hydrogens is 180 g/mol. The van der Waals surface area contributed by atoms with Crippen LogP contribution in [0.25, 0.3) is 0 Å². The van der Waals surface area contributed by atoms with E-state index in [0.717, 1.165) is 0 Å². The van der Waals surface area contributed by atoms with Gasteiger partial charge >= 0.3 is 5.97 Å². The lowest BCUT2D eigenvalue weighted by atomic mass is 9.89. The summed E-state index contributed by atoms with van der Waals surface area (Å²) in [5.74, 6) is -0.829. The van der Waals surface area contributed by atoms with Crippen LogP contribution < -0.4 is 0 Å². The SMILES string of the molecule is C=CCC(O)(CC=C)CCCC(=O)O. The zero-order valence-electron chi connectivity index (χ0n) is 8.41. The number of rotatable bonds is 8. The number of hydrogen-bond donors (Lipinski definition) is 2. The highest BCUT2D eigenvalue weighted by Crippen LogP contribution is 2.23. The minimum atomic E-state index is -0.862. The van der Waals surface area contributed by atoms with E-state index in [1.54, 1.807) is 12.2 Å². The Hall–Kier alpha value is -1.09. The molecule has 0 aliphatic carbocycles. The summed E-state index contributed by atoms with van der Waals surface area (Å²) in [6.07, 6.45) is 5.27. The van der Waals surface area contributed by atoms with Gasteiger partial charge in [0.15, 0.2) is 0 Å². The maximum Gasteiger partial charge on any atom is 0.303 e. The molecule has 0 saturated carbocycles. The van der Waals surface area contributed by atoms with Crippen LogP contribution in [0, 0.1) is 0 Å². The molecule has 0 aliphatic rings. The van der Waals surface area contributed by atoms with Crippen molar-refractivity contribution in [2.75, 3.05) is 0 Å². The first-order valence-corrected chi connectivity index (χ1v) is 4.70. The second-order valence-corrected chi connectivity index (χ2v) is 3.46. The number of carboxylic acid groups (broad SMARTS) is 1. The lowest BCUT2D eigenvalue weighted by Gasteiger charge is -2.25. The van der Waals surface area contributed by atoms with E-state index in [1.807, 2.05) is 0 Å². The first-order chi connectivity index (χ1) is 6.54. The normalized spacial score (nSPS) is 10.9. The van der Waals surface area contributed by atoms with Crippen molar-refractivity contribution in [1.29, 1.82) is 0 Å². The maximum absolute atomic E-state index is 10.3. The standard InChI is InChI=1S/C11H18O3/c1-3-7-11(14,8-4-2)9-5-6-10(12)13/h3-4,14H,1-2,5-9H2,(H,12,13). The van der Waals surface area contributed by atoms with Crippen LogP contribution >= 0.6 is 0 Å². The lowest BCUT2D eigenvalue weighted by molar-refractivity contribution is -0.137. The van der Waals surface area contributed by atoms with Crippen LogP contribution in [0.4, 0.5) is 0 Å². The van der Waals surface area contributed by atoms with Gasteiger partial charge in [0.1, 0.15) is 0 Å². The average molecular weight is 198 g/mol. The fourth-order valence-corrected chi connectivity index (χ4v) is 1.39. The largest absolute Gasteiger partial charge is 0.481 e. The molecule has 0 heterocycles. The second-order valence-electron chi connectivity index (χ2n) is 3.46. The van der Waals surface area contributed by atoms with Crippen LogP contribution in [0.15, 0.2) is 25.3 Å². The summed E-state index contributed by atoms with van der Waals surface area (Å²) in [5.41, 5.74) is -0.862. The molecule has 3 nitrogen and oxygen atoms in total. The highest BCUT2D eigenvalue weighted by Gasteiger charge is 2.23. The number of aliphatic carboxylic acids is 1. The van der Waals surface area contributed by atoms with Gasteiger partial charge in [-0.25, -0.2) is 0 Å². The highest BCUT2D eigenvalue weighted by atomic mass is 16.4. The van der Waals surface area contributed by atoms with E-state index in [4.69, 9.17) is 5.11 Å². The Bertz CT molecular complexity index is 199. The van der Waals surface area contributed by atoms with Crippen molar-refractivity contribution < 1.29 is 15.0 Å². The van der Waals surface area contributed by atoms with E-state index >= 15 is 0 Å². The van der Waals surface area contributed by atoms with Gasteiger partial charge in [0.05, 0.1) is 5.60 Å². The second kappa shape index (κ2) is 6.38. The van der Waals surface area contributed by atoms with E-state index in [-0.39, 0.29) is 6.42 Å². The molecule has 0 atom stereocenters. The molecule has 0 aromatic rings. The van der Waals surface area contributed by atoms with Crippen molar-refractivity contribution in [2.24, 2.45) is 0 Å². The molecule has 80 valence electrons. The average Bonchev–Trinajstić information content (AvgIpc) is 2.03. The molecule has 2 N–H and O–H groups in total. The summed E-state index contributed by atoms with van der Waals surface area (Å²) >= 11 is 0. The summed E-state index contributed by atoms with van der Waals surface area (Å²) < 4.78 is 0. The van der Waals surface area contributed by atoms with Gasteiger partial charge in [-0.15, -0.1) is 13.2 Å². The topological polar surface area (TPSA) is 57.5 Å². The van der Waals surface area contributed by atoms with Crippen LogP contribution in [0.2, 0.25) is 0 Å². The van der Waals surface area contributed by atoms with Gasteiger partial charge in [-0.1, -0.05) is 12.2 Å². The summed E-state index contributed by atoms with van der Waals surface area (Å²) in [6.45, 7) is 7.12. The first kappa shape index (κ1) is 12.9. The van der Waals surface area contributed by atoms with Gasteiger partial charge in [-0.3, -0.25) is 4.79 Å². The molecule has 0 amide bonds. The van der Waals surface area contributed by atoms with Crippen LogP contribution in [-0.4, -0.2) is 21.8 Å². The number of carboxylic acids is 1. The Morgan fingerprint density at radius 2 is 1.79 bits per heavy atom. The van der Waals surface area contributed by atoms with E-state index in [9.17, 15) is 9.90 Å². The molecule has 14 heavy (non-hydrogen) atoms. The summed E-state index contributed by atoms with van der Waals surface area (Å²) in [4.78, 5) is 10.3. The Balaban J connectivity index is 4.00.